The van der Waals surface area contributed by atoms with Gasteiger partial charge in [0.05, 0.1) is 16.0 Å². The molecule has 1 saturated heterocycles. The molecule has 1 amide bonds. The van der Waals surface area contributed by atoms with E-state index < -0.39 is 10.0 Å². The lowest BCUT2D eigenvalue weighted by Gasteiger charge is -2.26. The van der Waals surface area contributed by atoms with Crippen LogP contribution in [0.2, 0.25) is 5.02 Å². The molecular formula is C23H27ClN2O4S. The minimum atomic E-state index is -3.57. The number of nitrogens with one attached hydrogen (secondary N) is 1. The minimum Gasteiger partial charge on any atom is -0.482 e. The summed E-state index contributed by atoms with van der Waals surface area (Å²) in [5.41, 5.74) is 2.43. The van der Waals surface area contributed by atoms with Gasteiger partial charge < -0.3 is 10.1 Å². The van der Waals surface area contributed by atoms with Crippen molar-refractivity contribution in [2.75, 3.05) is 19.7 Å². The van der Waals surface area contributed by atoms with Crippen LogP contribution in [0.25, 0.3) is 0 Å². The molecule has 6 nitrogen and oxygen atoms in total. The van der Waals surface area contributed by atoms with Crippen LogP contribution in [0.1, 0.15) is 49.3 Å². The van der Waals surface area contributed by atoms with Gasteiger partial charge in [0.1, 0.15) is 5.75 Å². The van der Waals surface area contributed by atoms with Crippen molar-refractivity contribution in [3.05, 3.63) is 58.6 Å². The van der Waals surface area contributed by atoms with Gasteiger partial charge in [-0.3, -0.25) is 4.79 Å². The fourth-order valence-electron chi connectivity index (χ4n) is 4.30. The summed E-state index contributed by atoms with van der Waals surface area (Å²) in [7, 11) is -3.57. The van der Waals surface area contributed by atoms with E-state index in [0.29, 0.717) is 18.8 Å². The van der Waals surface area contributed by atoms with Gasteiger partial charge in [-0.25, -0.2) is 8.42 Å². The van der Waals surface area contributed by atoms with Gasteiger partial charge in [-0.2, -0.15) is 4.31 Å². The van der Waals surface area contributed by atoms with Crippen LogP contribution in [-0.4, -0.2) is 38.3 Å². The number of aryl methyl sites for hydroxylation is 1. The molecule has 31 heavy (non-hydrogen) atoms. The van der Waals surface area contributed by atoms with Gasteiger partial charge in [0.15, 0.2) is 6.61 Å². The molecule has 1 fully saturated rings. The van der Waals surface area contributed by atoms with Gasteiger partial charge in [-0.15, -0.1) is 0 Å². The largest absolute Gasteiger partial charge is 0.482 e. The second kappa shape index (κ2) is 9.59. The van der Waals surface area contributed by atoms with E-state index in [9.17, 15) is 13.2 Å². The SMILES string of the molecule is O=C(COc1ccc(S(=O)(=O)N2CCCCC2)cc1Cl)N[C@@H]1CCCc2ccccc21. The third-order valence-corrected chi connectivity index (χ3v) is 8.11. The maximum Gasteiger partial charge on any atom is 0.258 e. The highest BCUT2D eigenvalue weighted by atomic mass is 35.5. The Balaban J connectivity index is 1.37. The average Bonchev–Trinajstić information content (AvgIpc) is 2.79. The van der Waals surface area contributed by atoms with E-state index in [1.807, 2.05) is 12.1 Å². The first kappa shape index (κ1) is 22.1. The van der Waals surface area contributed by atoms with E-state index in [-0.39, 0.29) is 28.5 Å². The quantitative estimate of drug-likeness (QED) is 0.701. The van der Waals surface area contributed by atoms with Crippen LogP contribution < -0.4 is 10.1 Å². The van der Waals surface area contributed by atoms with Crippen LogP contribution in [0.5, 0.6) is 5.75 Å². The van der Waals surface area contributed by atoms with Crippen molar-refractivity contribution in [3.63, 3.8) is 0 Å². The standard InChI is InChI=1S/C23H27ClN2O4S/c24-20-15-18(31(28,29)26-13-4-1-5-14-26)11-12-22(20)30-16-23(27)25-21-10-6-8-17-7-2-3-9-19(17)21/h2-3,7,9,11-12,15,21H,1,4-6,8,10,13-14,16H2,(H,25,27)/t21-/m1/s1. The first-order chi connectivity index (χ1) is 14.9. The summed E-state index contributed by atoms with van der Waals surface area (Å²) in [4.78, 5) is 12.6. The van der Waals surface area contributed by atoms with E-state index in [0.717, 1.165) is 44.1 Å². The van der Waals surface area contributed by atoms with Gasteiger partial charge >= 0.3 is 0 Å². The summed E-state index contributed by atoms with van der Waals surface area (Å²) in [5, 5.41) is 3.21. The first-order valence-electron chi connectivity index (χ1n) is 10.7. The van der Waals surface area contributed by atoms with Gasteiger partial charge in [0, 0.05) is 13.1 Å². The summed E-state index contributed by atoms with van der Waals surface area (Å²) in [5.74, 6) is 0.0567. The van der Waals surface area contributed by atoms with Crippen LogP contribution >= 0.6 is 11.6 Å². The van der Waals surface area contributed by atoms with E-state index in [4.69, 9.17) is 16.3 Å². The van der Waals surface area contributed by atoms with Gasteiger partial charge in [0.2, 0.25) is 10.0 Å². The summed E-state index contributed by atoms with van der Waals surface area (Å²) in [6.45, 7) is 0.877. The molecule has 0 aromatic heterocycles. The zero-order valence-electron chi connectivity index (χ0n) is 17.3. The Morgan fingerprint density at radius 3 is 2.65 bits per heavy atom. The number of hydrogen-bond acceptors (Lipinski definition) is 4. The molecule has 4 rings (SSSR count). The molecule has 1 N–H and O–H groups in total. The number of nitrogens with zero attached hydrogens (tertiary/aromatic N) is 1. The lowest BCUT2D eigenvalue weighted by Crippen LogP contribution is -2.35. The maximum atomic E-state index is 12.8. The topological polar surface area (TPSA) is 75.7 Å². The molecule has 1 aliphatic carbocycles. The molecule has 0 unspecified atom stereocenters. The highest BCUT2D eigenvalue weighted by Gasteiger charge is 2.27. The number of fused-ring (bicyclic) bond motifs is 1. The average molecular weight is 463 g/mol. The number of piperidine rings is 1. The predicted molar refractivity (Wildman–Crippen MR) is 120 cm³/mol. The number of sulfonamides is 1. The highest BCUT2D eigenvalue weighted by molar-refractivity contribution is 7.89. The Morgan fingerprint density at radius 2 is 1.87 bits per heavy atom. The molecule has 166 valence electrons. The number of hydrogen-bond donors (Lipinski definition) is 1. The van der Waals surface area contributed by atoms with Crippen LogP contribution in [-0.2, 0) is 21.2 Å². The molecule has 2 aromatic carbocycles. The molecule has 0 spiro atoms. The number of carbonyl (C=O) groups excluding carboxylic acids is 1. The second-order valence-electron chi connectivity index (χ2n) is 8.06. The predicted octanol–water partition coefficient (Wildman–Crippen LogP) is 4.09. The molecule has 0 radical (unpaired) electrons. The Hall–Kier alpha value is -2.09. The molecule has 8 heteroatoms. The number of halogens is 1. The van der Waals surface area contributed by atoms with Crippen LogP contribution in [0, 0.1) is 0 Å². The zero-order valence-corrected chi connectivity index (χ0v) is 18.9. The molecule has 1 atom stereocenters. The van der Waals surface area contributed by atoms with E-state index in [2.05, 4.69) is 17.4 Å². The van der Waals surface area contributed by atoms with Crippen LogP contribution in [0.4, 0.5) is 0 Å². The minimum absolute atomic E-state index is 0.0198. The van der Waals surface area contributed by atoms with Gasteiger partial charge in [-0.05, 0) is 61.4 Å². The van der Waals surface area contributed by atoms with E-state index in [1.165, 1.54) is 28.1 Å². The van der Waals surface area contributed by atoms with Crippen molar-refractivity contribution in [1.29, 1.82) is 0 Å². The first-order valence-corrected chi connectivity index (χ1v) is 12.6. The third-order valence-electron chi connectivity index (χ3n) is 5.92. The fourth-order valence-corrected chi connectivity index (χ4v) is 6.14. The van der Waals surface area contributed by atoms with Crippen molar-refractivity contribution in [1.82, 2.24) is 9.62 Å². The van der Waals surface area contributed by atoms with Gasteiger partial charge in [0.25, 0.3) is 5.91 Å². The normalized spacial score (nSPS) is 19.5. The smallest absolute Gasteiger partial charge is 0.258 e. The maximum absolute atomic E-state index is 12.8. The van der Waals surface area contributed by atoms with Gasteiger partial charge in [-0.1, -0.05) is 42.3 Å². The fraction of sp³-hybridized carbons (Fsp3) is 0.435. The number of ether oxygens (including phenoxy) is 1. The Labute approximate surface area is 188 Å². The molecule has 1 heterocycles. The van der Waals surface area contributed by atoms with E-state index in [1.54, 1.807) is 0 Å². The molecule has 2 aromatic rings. The second-order valence-corrected chi connectivity index (χ2v) is 10.4. The summed E-state index contributed by atoms with van der Waals surface area (Å²) >= 11 is 6.28. The third kappa shape index (κ3) is 5.05. The summed E-state index contributed by atoms with van der Waals surface area (Å²) in [6.07, 6.45) is 5.74. The summed E-state index contributed by atoms with van der Waals surface area (Å²) < 4.78 is 32.7. The summed E-state index contributed by atoms with van der Waals surface area (Å²) in [6, 6.07) is 12.5. The number of carbonyl (C=O) groups is 1. The lowest BCUT2D eigenvalue weighted by atomic mass is 9.88. The van der Waals surface area contributed by atoms with E-state index >= 15 is 0 Å². The van der Waals surface area contributed by atoms with Crippen molar-refractivity contribution < 1.29 is 17.9 Å². The number of rotatable bonds is 6. The Kier molecular flexibility index (Phi) is 6.84. The molecule has 0 bridgehead atoms. The number of benzene rings is 2. The highest BCUT2D eigenvalue weighted by Crippen LogP contribution is 2.31. The molecule has 2 aliphatic rings. The van der Waals surface area contributed by atoms with Crippen molar-refractivity contribution in [2.45, 2.75) is 49.5 Å². The lowest BCUT2D eigenvalue weighted by molar-refractivity contribution is -0.123. The van der Waals surface area contributed by atoms with Crippen LogP contribution in [0.3, 0.4) is 0 Å². The molecule has 1 aliphatic heterocycles. The Morgan fingerprint density at radius 1 is 1.10 bits per heavy atom. The Bertz CT molecular complexity index is 1050. The van der Waals surface area contributed by atoms with Crippen molar-refractivity contribution >= 4 is 27.5 Å². The van der Waals surface area contributed by atoms with Crippen molar-refractivity contribution in [3.8, 4) is 5.75 Å². The zero-order chi connectivity index (χ0) is 21.8. The molecular weight excluding hydrogens is 436 g/mol. The monoisotopic (exact) mass is 462 g/mol. The van der Waals surface area contributed by atoms with Crippen molar-refractivity contribution in [2.24, 2.45) is 0 Å². The molecule has 0 saturated carbocycles. The number of amides is 1. The van der Waals surface area contributed by atoms with Crippen LogP contribution in [0.15, 0.2) is 47.4 Å².